The van der Waals surface area contributed by atoms with Crippen LogP contribution in [0.25, 0.3) is 0 Å². The molecule has 0 radical (unpaired) electrons. The minimum Gasteiger partial charge on any atom is -0.619 e. The number of aromatic carboxylic acids is 1. The third-order valence-corrected chi connectivity index (χ3v) is 12.6. The normalized spacial score (nSPS) is 19.0. The first-order chi connectivity index (χ1) is 27.1. The summed E-state index contributed by atoms with van der Waals surface area (Å²) < 4.78 is 17.9. The predicted molar refractivity (Wildman–Crippen MR) is 216 cm³/mol. The van der Waals surface area contributed by atoms with E-state index in [2.05, 4.69) is 34.5 Å². The third kappa shape index (κ3) is 8.82. The SMILES string of the molecule is COc1ccc([C@H](Cc2c(Cl)c[n+]([O-])cc2Cl)c2cc(CNC(C(=O)OC3C[C@H]4CC[C@H](C3)N4Cc3ccccc3)c3ccccc3)sc2C(=O)O)cc1OC. The molecule has 4 atom stereocenters. The van der Waals surface area contributed by atoms with Crippen molar-refractivity contribution in [3.05, 3.63) is 150 Å². The minimum atomic E-state index is -1.10. The predicted octanol–water partition coefficient (Wildman–Crippen LogP) is 8.35. The van der Waals surface area contributed by atoms with Gasteiger partial charge in [-0.15, -0.1) is 11.3 Å². The molecule has 2 fully saturated rings. The van der Waals surface area contributed by atoms with E-state index >= 15 is 0 Å². The highest BCUT2D eigenvalue weighted by Crippen LogP contribution is 2.42. The number of carboxylic acids is 1. The van der Waals surface area contributed by atoms with Gasteiger partial charge >= 0.3 is 11.9 Å². The number of ether oxygens (including phenoxy) is 3. The van der Waals surface area contributed by atoms with Gasteiger partial charge in [0.1, 0.15) is 27.1 Å². The van der Waals surface area contributed by atoms with Crippen LogP contribution in [0.1, 0.15) is 80.0 Å². The lowest BCUT2D eigenvalue weighted by atomic mass is 9.85. The topological polar surface area (TPSA) is 124 Å². The van der Waals surface area contributed by atoms with Crippen LogP contribution in [-0.2, 0) is 29.0 Å². The van der Waals surface area contributed by atoms with Gasteiger partial charge in [0, 0.05) is 54.4 Å². The zero-order valence-corrected chi connectivity index (χ0v) is 33.4. The number of hydrogen-bond acceptors (Lipinski definition) is 9. The maximum Gasteiger partial charge on any atom is 0.346 e. The molecule has 10 nitrogen and oxygen atoms in total. The molecule has 13 heteroatoms. The average Bonchev–Trinajstić information content (AvgIpc) is 3.71. The molecule has 292 valence electrons. The molecule has 0 saturated carbocycles. The minimum absolute atomic E-state index is 0.125. The van der Waals surface area contributed by atoms with Crippen LogP contribution in [0, 0.1) is 5.21 Å². The van der Waals surface area contributed by atoms with Crippen molar-refractivity contribution < 1.29 is 33.6 Å². The second kappa shape index (κ2) is 17.7. The quantitative estimate of drug-likeness (QED) is 0.0610. The number of nitrogens with zero attached hydrogens (tertiary/aromatic N) is 2. The molecular formula is C43H43Cl2N3O7S. The molecule has 3 aromatic carbocycles. The number of benzene rings is 3. The van der Waals surface area contributed by atoms with E-state index in [9.17, 15) is 19.9 Å². The number of aromatic nitrogens is 1. The molecule has 56 heavy (non-hydrogen) atoms. The van der Waals surface area contributed by atoms with Gasteiger partial charge in [-0.2, -0.15) is 4.73 Å². The Hall–Kier alpha value is -4.65. The largest absolute Gasteiger partial charge is 0.619 e. The zero-order valence-electron chi connectivity index (χ0n) is 31.0. The van der Waals surface area contributed by atoms with Crippen LogP contribution in [0.4, 0.5) is 0 Å². The van der Waals surface area contributed by atoms with Gasteiger partial charge in [-0.1, -0.05) is 89.9 Å². The average molecular weight is 817 g/mol. The van der Waals surface area contributed by atoms with E-state index in [4.69, 9.17) is 37.4 Å². The first-order valence-corrected chi connectivity index (χ1v) is 20.1. The van der Waals surface area contributed by atoms with Crippen LogP contribution in [-0.4, -0.2) is 54.4 Å². The van der Waals surface area contributed by atoms with E-state index in [0.717, 1.165) is 54.7 Å². The van der Waals surface area contributed by atoms with Crippen LogP contribution in [0.5, 0.6) is 11.5 Å². The molecule has 0 aliphatic carbocycles. The lowest BCUT2D eigenvalue weighted by Crippen LogP contribution is -2.46. The van der Waals surface area contributed by atoms with Crippen molar-refractivity contribution in [2.45, 2.75) is 75.3 Å². The maximum absolute atomic E-state index is 14.1. The molecule has 0 spiro atoms. The Bertz CT molecular complexity index is 2130. The summed E-state index contributed by atoms with van der Waals surface area (Å²) in [7, 11) is 3.06. The smallest absolute Gasteiger partial charge is 0.346 e. The summed E-state index contributed by atoms with van der Waals surface area (Å²) in [6.45, 7) is 1.09. The molecule has 5 aromatic rings. The first kappa shape index (κ1) is 39.6. The zero-order chi connectivity index (χ0) is 39.3. The molecule has 2 aromatic heterocycles. The fourth-order valence-electron chi connectivity index (χ4n) is 8.17. The van der Waals surface area contributed by atoms with Crippen molar-refractivity contribution in [1.29, 1.82) is 0 Å². The van der Waals surface area contributed by atoms with Gasteiger partial charge in [-0.25, -0.2) is 9.59 Å². The van der Waals surface area contributed by atoms with Crippen molar-refractivity contribution in [2.75, 3.05) is 14.2 Å². The molecule has 2 aliphatic rings. The molecule has 2 bridgehead atoms. The highest BCUT2D eigenvalue weighted by molar-refractivity contribution is 7.14. The number of methoxy groups -OCH3 is 2. The summed E-state index contributed by atoms with van der Waals surface area (Å²) >= 11 is 14.2. The number of fused-ring (bicyclic) bond motifs is 2. The molecule has 7 rings (SSSR count). The number of carbonyl (C=O) groups excluding carboxylic acids is 1. The van der Waals surface area contributed by atoms with Gasteiger partial charge in [0.15, 0.2) is 23.9 Å². The first-order valence-electron chi connectivity index (χ1n) is 18.5. The van der Waals surface area contributed by atoms with E-state index in [1.54, 1.807) is 12.1 Å². The summed E-state index contributed by atoms with van der Waals surface area (Å²) in [6, 6.07) is 27.1. The lowest BCUT2D eigenvalue weighted by molar-refractivity contribution is -0.605. The number of halogens is 2. The van der Waals surface area contributed by atoms with Crippen LogP contribution < -0.4 is 19.5 Å². The molecular weight excluding hydrogens is 773 g/mol. The van der Waals surface area contributed by atoms with E-state index in [1.165, 1.54) is 32.2 Å². The number of rotatable bonds is 15. The number of piperidine rings is 1. The van der Waals surface area contributed by atoms with Gasteiger partial charge in [-0.05, 0) is 59.7 Å². The summed E-state index contributed by atoms with van der Waals surface area (Å²) in [6.07, 6.45) is 6.18. The van der Waals surface area contributed by atoms with E-state index in [0.29, 0.717) is 44.3 Å². The van der Waals surface area contributed by atoms with Crippen LogP contribution in [0.3, 0.4) is 0 Å². The van der Waals surface area contributed by atoms with E-state index in [-0.39, 0.29) is 40.0 Å². The highest BCUT2D eigenvalue weighted by Gasteiger charge is 2.42. The van der Waals surface area contributed by atoms with Gasteiger partial charge in [-0.3, -0.25) is 10.2 Å². The Balaban J connectivity index is 1.14. The second-order valence-corrected chi connectivity index (χ2v) is 16.2. The Morgan fingerprint density at radius 1 is 0.911 bits per heavy atom. The van der Waals surface area contributed by atoms with E-state index < -0.39 is 17.9 Å². The van der Waals surface area contributed by atoms with Crippen LogP contribution >= 0.6 is 34.5 Å². The van der Waals surface area contributed by atoms with Crippen molar-refractivity contribution in [2.24, 2.45) is 0 Å². The second-order valence-electron chi connectivity index (χ2n) is 14.3. The van der Waals surface area contributed by atoms with Crippen molar-refractivity contribution in [3.8, 4) is 11.5 Å². The van der Waals surface area contributed by atoms with Gasteiger partial charge in [0.25, 0.3) is 0 Å². The molecule has 2 N–H and O–H groups in total. The number of nitrogens with one attached hydrogen (secondary N) is 1. The van der Waals surface area contributed by atoms with Crippen molar-refractivity contribution in [1.82, 2.24) is 10.2 Å². The standard InChI is InChI=1S/C43H43Cl2N3O7S/c1-53-38-16-13-28(17-39(38)54-2)33(21-35-36(44)24-47(52)25-37(35)45)34-20-32(56-41(34)42(49)50)22-46-40(27-11-7-4-8-12-27)43(51)55-31-18-29-14-15-30(19-31)48(29)23-26-9-5-3-6-10-26/h3-13,16-17,20,24-25,29-31,33,40,46H,14-15,18-19,21-23H2,1-2H3,(H,49,50)/t29-,30-,33+,40?/m1/s1. The van der Waals surface area contributed by atoms with E-state index in [1.807, 2.05) is 48.5 Å². The summed E-state index contributed by atoms with van der Waals surface area (Å²) in [5.74, 6) is -1.06. The number of carboxylic acid groups (broad SMARTS) is 1. The Morgan fingerprint density at radius 3 is 2.18 bits per heavy atom. The fourth-order valence-corrected chi connectivity index (χ4v) is 9.78. The summed E-state index contributed by atoms with van der Waals surface area (Å²) in [5, 5.41) is 26.3. The molecule has 4 heterocycles. The van der Waals surface area contributed by atoms with Crippen LogP contribution in [0.15, 0.2) is 97.3 Å². The lowest BCUT2D eigenvalue weighted by Gasteiger charge is -2.39. The summed E-state index contributed by atoms with van der Waals surface area (Å²) in [5.41, 5.74) is 3.78. The Morgan fingerprint density at radius 2 is 1.55 bits per heavy atom. The number of thiophene rings is 1. The van der Waals surface area contributed by atoms with Gasteiger partial charge in [0.05, 0.1) is 14.2 Å². The van der Waals surface area contributed by atoms with Crippen molar-refractivity contribution in [3.63, 3.8) is 0 Å². The van der Waals surface area contributed by atoms with Crippen LogP contribution in [0.2, 0.25) is 10.0 Å². The van der Waals surface area contributed by atoms with Gasteiger partial charge in [0.2, 0.25) is 0 Å². The molecule has 2 saturated heterocycles. The molecule has 1 unspecified atom stereocenters. The molecule has 2 aliphatic heterocycles. The maximum atomic E-state index is 14.1. The van der Waals surface area contributed by atoms with Gasteiger partial charge < -0.3 is 24.5 Å². The number of carbonyl (C=O) groups is 2. The number of hydrogen-bond donors (Lipinski definition) is 2. The monoisotopic (exact) mass is 815 g/mol. The highest BCUT2D eigenvalue weighted by atomic mass is 35.5. The third-order valence-electron chi connectivity index (χ3n) is 10.8. The van der Waals surface area contributed by atoms with Crippen molar-refractivity contribution >= 4 is 46.5 Å². The number of esters is 1. The number of pyridine rings is 1. The fraction of sp³-hybridized carbons (Fsp3) is 0.326. The Labute approximate surface area is 340 Å². The summed E-state index contributed by atoms with van der Waals surface area (Å²) in [4.78, 5) is 30.3. The molecule has 0 amide bonds. The Kier molecular flexibility index (Phi) is 12.5.